The second kappa shape index (κ2) is 12.2. The first-order valence-electron chi connectivity index (χ1n) is 11.6. The van der Waals surface area contributed by atoms with Crippen LogP contribution in [0.4, 0.5) is 5.69 Å². The van der Waals surface area contributed by atoms with Crippen LogP contribution >= 0.6 is 0 Å². The minimum atomic E-state index is -0.396. The second-order valence-electron chi connectivity index (χ2n) is 8.43. The normalized spacial score (nSPS) is 14.8. The first-order chi connectivity index (χ1) is 15.5. The molecule has 1 aliphatic heterocycles. The Kier molecular flexibility index (Phi) is 9.11. The van der Waals surface area contributed by atoms with Crippen molar-refractivity contribution in [3.05, 3.63) is 60.2 Å². The van der Waals surface area contributed by atoms with E-state index in [1.165, 1.54) is 12.0 Å². The van der Waals surface area contributed by atoms with Gasteiger partial charge in [-0.15, -0.1) is 0 Å². The van der Waals surface area contributed by atoms with Gasteiger partial charge in [0, 0.05) is 18.7 Å². The van der Waals surface area contributed by atoms with Gasteiger partial charge in [-0.05, 0) is 81.4 Å². The second-order valence-corrected chi connectivity index (χ2v) is 8.43. The number of piperidine rings is 1. The summed E-state index contributed by atoms with van der Waals surface area (Å²) in [4.78, 5) is 28.2. The molecule has 1 heterocycles. The lowest BCUT2D eigenvalue weighted by atomic mass is 9.90. The Bertz CT molecular complexity index is 846. The molecule has 1 saturated heterocycles. The number of ether oxygens (including phenoxy) is 1. The van der Waals surface area contributed by atoms with Crippen LogP contribution in [-0.2, 0) is 16.0 Å². The third-order valence-electron chi connectivity index (χ3n) is 6.09. The molecule has 0 spiro atoms. The van der Waals surface area contributed by atoms with E-state index in [1.807, 2.05) is 49.4 Å². The molecule has 6 heteroatoms. The van der Waals surface area contributed by atoms with Crippen molar-refractivity contribution >= 4 is 17.5 Å². The summed E-state index contributed by atoms with van der Waals surface area (Å²) in [6, 6.07) is 17.9. The summed E-state index contributed by atoms with van der Waals surface area (Å²) in [5.41, 5.74) is 7.47. The molecule has 6 nitrogen and oxygen atoms in total. The average Bonchev–Trinajstić information content (AvgIpc) is 2.80. The fourth-order valence-electron chi connectivity index (χ4n) is 4.23. The highest BCUT2D eigenvalue weighted by Crippen LogP contribution is 2.24. The van der Waals surface area contributed by atoms with E-state index in [2.05, 4.69) is 17.0 Å². The van der Waals surface area contributed by atoms with Gasteiger partial charge in [-0.25, -0.2) is 0 Å². The Balaban J connectivity index is 1.45. The number of likely N-dealkylation sites (tertiary alicyclic amines) is 1. The van der Waals surface area contributed by atoms with Crippen molar-refractivity contribution < 1.29 is 14.3 Å². The van der Waals surface area contributed by atoms with Crippen LogP contribution < -0.4 is 15.4 Å². The highest BCUT2D eigenvalue weighted by molar-refractivity contribution is 5.95. The number of nitrogens with zero attached hydrogens (tertiary/aromatic N) is 2. The van der Waals surface area contributed by atoms with E-state index in [-0.39, 0.29) is 12.3 Å². The van der Waals surface area contributed by atoms with Crippen molar-refractivity contribution in [2.45, 2.75) is 39.0 Å². The first-order valence-corrected chi connectivity index (χ1v) is 11.6. The number of carbonyl (C=O) groups excluding carboxylic acids is 2. The molecule has 1 aliphatic rings. The van der Waals surface area contributed by atoms with Gasteiger partial charge in [-0.2, -0.15) is 0 Å². The van der Waals surface area contributed by atoms with Gasteiger partial charge in [0.1, 0.15) is 5.75 Å². The number of hydrogen-bond donors (Lipinski definition) is 1. The summed E-state index contributed by atoms with van der Waals surface area (Å²) in [5, 5.41) is 0. The molecule has 32 heavy (non-hydrogen) atoms. The van der Waals surface area contributed by atoms with Gasteiger partial charge in [0.05, 0.1) is 13.2 Å². The highest BCUT2D eigenvalue weighted by Gasteiger charge is 2.24. The number of aryl methyl sites for hydroxylation is 1. The Labute approximate surface area is 191 Å². The zero-order chi connectivity index (χ0) is 22.8. The Hall–Kier alpha value is -2.86. The van der Waals surface area contributed by atoms with Crippen LogP contribution in [-0.4, -0.2) is 49.5 Å². The maximum absolute atomic E-state index is 13.0. The van der Waals surface area contributed by atoms with E-state index in [4.69, 9.17) is 10.5 Å². The number of para-hydroxylation sites is 1. The van der Waals surface area contributed by atoms with E-state index in [1.54, 1.807) is 4.90 Å². The predicted molar refractivity (Wildman–Crippen MR) is 128 cm³/mol. The third-order valence-corrected chi connectivity index (χ3v) is 6.09. The van der Waals surface area contributed by atoms with E-state index >= 15 is 0 Å². The number of hydrogen-bond acceptors (Lipinski definition) is 4. The van der Waals surface area contributed by atoms with E-state index in [0.717, 1.165) is 43.8 Å². The van der Waals surface area contributed by atoms with Crippen LogP contribution in [0, 0.1) is 5.92 Å². The van der Waals surface area contributed by atoms with Crippen LogP contribution in [0.25, 0.3) is 0 Å². The van der Waals surface area contributed by atoms with E-state index in [0.29, 0.717) is 25.6 Å². The molecule has 0 aromatic heterocycles. The molecule has 2 amide bonds. The molecule has 1 fully saturated rings. The molecule has 0 aliphatic carbocycles. The lowest BCUT2D eigenvalue weighted by Gasteiger charge is -2.33. The lowest BCUT2D eigenvalue weighted by Crippen LogP contribution is -2.44. The molecular formula is C26H35N3O3. The molecule has 2 N–H and O–H groups in total. The Morgan fingerprint density at radius 1 is 1.06 bits per heavy atom. The van der Waals surface area contributed by atoms with Gasteiger partial charge in [0.2, 0.25) is 11.8 Å². The number of carbonyl (C=O) groups is 2. The zero-order valence-electron chi connectivity index (χ0n) is 19.0. The summed E-state index contributed by atoms with van der Waals surface area (Å²) in [7, 11) is 0. The van der Waals surface area contributed by atoms with Crippen LogP contribution in [0.3, 0.4) is 0 Å². The predicted octanol–water partition coefficient (Wildman–Crippen LogP) is 3.64. The monoisotopic (exact) mass is 437 g/mol. The Morgan fingerprint density at radius 3 is 2.38 bits per heavy atom. The lowest BCUT2D eigenvalue weighted by molar-refractivity contribution is -0.120. The molecule has 2 aromatic rings. The van der Waals surface area contributed by atoms with Crippen LogP contribution in [0.2, 0.25) is 0 Å². The maximum Gasteiger partial charge on any atom is 0.241 e. The quantitative estimate of drug-likeness (QED) is 0.582. The molecule has 0 saturated carbocycles. The minimum Gasteiger partial charge on any atom is -0.494 e. The number of primary amides is 1. The van der Waals surface area contributed by atoms with Gasteiger partial charge in [0.25, 0.3) is 0 Å². The molecule has 2 aromatic carbocycles. The average molecular weight is 438 g/mol. The molecule has 172 valence electrons. The number of amides is 2. The third kappa shape index (κ3) is 7.38. The summed E-state index contributed by atoms with van der Waals surface area (Å²) in [5.74, 6) is 1.24. The van der Waals surface area contributed by atoms with Gasteiger partial charge in [0.15, 0.2) is 0 Å². The van der Waals surface area contributed by atoms with Crippen LogP contribution in [0.5, 0.6) is 5.75 Å². The van der Waals surface area contributed by atoms with Crippen molar-refractivity contribution in [3.8, 4) is 5.75 Å². The smallest absolute Gasteiger partial charge is 0.241 e. The summed E-state index contributed by atoms with van der Waals surface area (Å²) in [6.07, 6.45) is 4.62. The van der Waals surface area contributed by atoms with Gasteiger partial charge in [-0.1, -0.05) is 30.3 Å². The first kappa shape index (κ1) is 23.8. The van der Waals surface area contributed by atoms with E-state index in [9.17, 15) is 9.59 Å². The zero-order valence-corrected chi connectivity index (χ0v) is 19.0. The minimum absolute atomic E-state index is 0.0188. The fourth-order valence-corrected chi connectivity index (χ4v) is 4.23. The topological polar surface area (TPSA) is 75.9 Å². The number of nitrogens with two attached hydrogens (primary N) is 1. The standard InChI is InChI=1S/C26H35N3O3/c1-2-32-24-12-10-21(11-13-24)8-9-22-14-17-28(18-15-22)20-26(31)29(19-16-25(27)30)23-6-4-3-5-7-23/h3-7,10-13,22H,2,8-9,14-20H2,1H3,(H2,27,30). The van der Waals surface area contributed by atoms with Crippen LogP contribution in [0.1, 0.15) is 38.2 Å². The fraction of sp³-hybridized carbons (Fsp3) is 0.462. The number of benzene rings is 2. The highest BCUT2D eigenvalue weighted by atomic mass is 16.5. The summed E-state index contributed by atoms with van der Waals surface area (Å²) in [6.45, 7) is 5.23. The molecule has 0 radical (unpaired) electrons. The summed E-state index contributed by atoms with van der Waals surface area (Å²) < 4.78 is 5.51. The van der Waals surface area contributed by atoms with E-state index < -0.39 is 5.91 Å². The molecular weight excluding hydrogens is 402 g/mol. The molecule has 0 atom stereocenters. The largest absolute Gasteiger partial charge is 0.494 e. The molecule has 0 bridgehead atoms. The number of rotatable bonds is 11. The molecule has 3 rings (SSSR count). The summed E-state index contributed by atoms with van der Waals surface area (Å²) >= 11 is 0. The van der Waals surface area contributed by atoms with Crippen LogP contribution in [0.15, 0.2) is 54.6 Å². The van der Waals surface area contributed by atoms with Crippen molar-refractivity contribution in [2.24, 2.45) is 11.7 Å². The Morgan fingerprint density at radius 2 is 1.75 bits per heavy atom. The van der Waals surface area contributed by atoms with Gasteiger partial charge < -0.3 is 15.4 Å². The van der Waals surface area contributed by atoms with Crippen molar-refractivity contribution in [2.75, 3.05) is 37.7 Å². The van der Waals surface area contributed by atoms with Crippen molar-refractivity contribution in [1.82, 2.24) is 4.90 Å². The number of anilines is 1. The maximum atomic E-state index is 13.0. The van der Waals surface area contributed by atoms with Crippen molar-refractivity contribution in [3.63, 3.8) is 0 Å². The van der Waals surface area contributed by atoms with Gasteiger partial charge in [-0.3, -0.25) is 14.5 Å². The SMILES string of the molecule is CCOc1ccc(CCC2CCN(CC(=O)N(CCC(N)=O)c3ccccc3)CC2)cc1. The van der Waals surface area contributed by atoms with Crippen molar-refractivity contribution in [1.29, 1.82) is 0 Å². The molecule has 0 unspecified atom stereocenters. The van der Waals surface area contributed by atoms with Gasteiger partial charge >= 0.3 is 0 Å².